The second-order valence-electron chi connectivity index (χ2n) is 6.03. The minimum Gasteiger partial charge on any atom is -0.347 e. The molecule has 0 unspecified atom stereocenters. The van der Waals surface area contributed by atoms with E-state index in [1.807, 2.05) is 38.1 Å². The smallest absolute Gasteiger partial charge is 0.272 e. The van der Waals surface area contributed by atoms with Crippen LogP contribution in [0.4, 0.5) is 0 Å². The van der Waals surface area contributed by atoms with Gasteiger partial charge >= 0.3 is 0 Å². The molecule has 0 radical (unpaired) electrons. The monoisotopic (exact) mass is 386 g/mol. The minimum atomic E-state index is -3.48. The molecule has 0 saturated carbocycles. The highest BCUT2D eigenvalue weighted by atomic mass is 32.2. The molecule has 0 fully saturated rings. The molecule has 2 aromatic carbocycles. The number of aromatic amines is 1. The molecule has 1 heterocycles. The molecule has 0 aliphatic rings. The van der Waals surface area contributed by atoms with Gasteiger partial charge < -0.3 is 5.32 Å². The Kier molecular flexibility index (Phi) is 5.57. The fourth-order valence-electron chi connectivity index (χ4n) is 2.89. The molecule has 8 heteroatoms. The van der Waals surface area contributed by atoms with Crippen LogP contribution in [0.25, 0.3) is 10.9 Å². The van der Waals surface area contributed by atoms with Crippen molar-refractivity contribution >= 4 is 26.8 Å². The van der Waals surface area contributed by atoms with E-state index in [0.717, 1.165) is 16.5 Å². The predicted molar refractivity (Wildman–Crippen MR) is 104 cm³/mol. The number of benzene rings is 2. The summed E-state index contributed by atoms with van der Waals surface area (Å²) in [5.74, 6) is -0.285. The van der Waals surface area contributed by atoms with E-state index in [9.17, 15) is 13.2 Å². The lowest BCUT2D eigenvalue weighted by atomic mass is 10.2. The first kappa shape index (κ1) is 19.1. The van der Waals surface area contributed by atoms with Gasteiger partial charge in [-0.2, -0.15) is 9.40 Å². The van der Waals surface area contributed by atoms with Gasteiger partial charge in [-0.15, -0.1) is 0 Å². The molecule has 0 bridgehead atoms. The molecule has 1 aromatic heterocycles. The van der Waals surface area contributed by atoms with Crippen molar-refractivity contribution in [2.45, 2.75) is 25.3 Å². The highest BCUT2D eigenvalue weighted by molar-refractivity contribution is 7.89. The summed E-state index contributed by atoms with van der Waals surface area (Å²) < 4.78 is 26.4. The molecular weight excluding hydrogens is 364 g/mol. The molecule has 1 amide bonds. The van der Waals surface area contributed by atoms with Crippen LogP contribution in [0.15, 0.2) is 53.4 Å². The summed E-state index contributed by atoms with van der Waals surface area (Å²) in [6.07, 6.45) is 0. The van der Waals surface area contributed by atoms with Gasteiger partial charge in [0.25, 0.3) is 5.91 Å². The normalized spacial score (nSPS) is 11.8. The Labute approximate surface area is 158 Å². The molecule has 7 nitrogen and oxygen atoms in total. The van der Waals surface area contributed by atoms with Crippen LogP contribution >= 0.6 is 0 Å². The number of hydrogen-bond acceptors (Lipinski definition) is 4. The molecule has 3 aromatic rings. The molecule has 0 saturated heterocycles. The zero-order chi connectivity index (χ0) is 19.4. The number of nitrogens with one attached hydrogen (secondary N) is 2. The summed E-state index contributed by atoms with van der Waals surface area (Å²) >= 11 is 0. The quantitative estimate of drug-likeness (QED) is 0.652. The number of aromatic nitrogens is 2. The zero-order valence-corrected chi connectivity index (χ0v) is 16.1. The SMILES string of the molecule is CCN(CC)S(=O)(=O)c1ccc(CNC(=O)c2n[nH]c3ccccc23)cc1. The third kappa shape index (κ3) is 3.86. The molecule has 0 spiro atoms. The first-order valence-electron chi connectivity index (χ1n) is 8.77. The molecule has 3 rings (SSSR count). The van der Waals surface area contributed by atoms with Crippen LogP contribution in [0, 0.1) is 0 Å². The Morgan fingerprint density at radius 2 is 1.74 bits per heavy atom. The Morgan fingerprint density at radius 1 is 1.07 bits per heavy atom. The van der Waals surface area contributed by atoms with Gasteiger partial charge in [0.1, 0.15) is 0 Å². The third-order valence-electron chi connectivity index (χ3n) is 4.41. The second-order valence-corrected chi connectivity index (χ2v) is 7.97. The Balaban J connectivity index is 1.69. The first-order valence-corrected chi connectivity index (χ1v) is 10.2. The van der Waals surface area contributed by atoms with Gasteiger partial charge in [0.05, 0.1) is 10.4 Å². The van der Waals surface area contributed by atoms with E-state index in [1.54, 1.807) is 24.3 Å². The number of para-hydroxylation sites is 1. The van der Waals surface area contributed by atoms with Gasteiger partial charge in [-0.25, -0.2) is 8.42 Å². The molecular formula is C19H22N4O3S. The summed E-state index contributed by atoms with van der Waals surface area (Å²) in [4.78, 5) is 12.6. The maximum atomic E-state index is 12.5. The molecule has 0 aliphatic heterocycles. The Bertz CT molecular complexity index is 1040. The number of rotatable bonds is 7. The number of carbonyl (C=O) groups excluding carboxylic acids is 1. The Hall–Kier alpha value is -2.71. The largest absolute Gasteiger partial charge is 0.347 e. The molecule has 0 atom stereocenters. The van der Waals surface area contributed by atoms with Crippen molar-refractivity contribution in [3.8, 4) is 0 Å². The summed E-state index contributed by atoms with van der Waals surface area (Å²) in [7, 11) is -3.48. The van der Waals surface area contributed by atoms with Crippen LogP contribution in [0.1, 0.15) is 29.9 Å². The maximum Gasteiger partial charge on any atom is 0.272 e. The number of amides is 1. The number of H-pyrrole nitrogens is 1. The van der Waals surface area contributed by atoms with Crippen LogP contribution < -0.4 is 5.32 Å². The van der Waals surface area contributed by atoms with Crippen molar-refractivity contribution in [2.75, 3.05) is 13.1 Å². The molecule has 27 heavy (non-hydrogen) atoms. The van der Waals surface area contributed by atoms with Crippen LogP contribution in [-0.2, 0) is 16.6 Å². The number of carbonyl (C=O) groups is 1. The first-order chi connectivity index (χ1) is 13.0. The minimum absolute atomic E-state index is 0.250. The lowest BCUT2D eigenvalue weighted by Gasteiger charge is -2.18. The van der Waals surface area contributed by atoms with Crippen LogP contribution in [0.5, 0.6) is 0 Å². The highest BCUT2D eigenvalue weighted by Gasteiger charge is 2.21. The van der Waals surface area contributed by atoms with Gasteiger partial charge in [0, 0.05) is 25.0 Å². The van der Waals surface area contributed by atoms with Crippen molar-refractivity contribution in [3.05, 3.63) is 59.8 Å². The van der Waals surface area contributed by atoms with Crippen molar-refractivity contribution in [2.24, 2.45) is 0 Å². The van der Waals surface area contributed by atoms with Crippen LogP contribution in [-0.4, -0.2) is 41.9 Å². The van der Waals surface area contributed by atoms with Gasteiger partial charge in [0.2, 0.25) is 10.0 Å². The lowest BCUT2D eigenvalue weighted by Crippen LogP contribution is -2.30. The molecule has 0 aliphatic carbocycles. The summed E-state index contributed by atoms with van der Waals surface area (Å²) in [5.41, 5.74) is 1.95. The van der Waals surface area contributed by atoms with Crippen molar-refractivity contribution in [1.29, 1.82) is 0 Å². The summed E-state index contributed by atoms with van der Waals surface area (Å²) in [6.45, 7) is 4.75. The maximum absolute atomic E-state index is 12.5. The van der Waals surface area contributed by atoms with Gasteiger partial charge in [-0.3, -0.25) is 9.89 Å². The predicted octanol–water partition coefficient (Wildman–Crippen LogP) is 2.52. The second kappa shape index (κ2) is 7.89. The van der Waals surface area contributed by atoms with E-state index in [4.69, 9.17) is 0 Å². The fraction of sp³-hybridized carbons (Fsp3) is 0.263. The molecule has 142 valence electrons. The Morgan fingerprint density at radius 3 is 2.41 bits per heavy atom. The average Bonchev–Trinajstić information content (AvgIpc) is 3.11. The van der Waals surface area contributed by atoms with Crippen molar-refractivity contribution < 1.29 is 13.2 Å². The van der Waals surface area contributed by atoms with E-state index < -0.39 is 10.0 Å². The highest BCUT2D eigenvalue weighted by Crippen LogP contribution is 2.17. The van der Waals surface area contributed by atoms with E-state index in [0.29, 0.717) is 18.8 Å². The standard InChI is InChI=1S/C19H22N4O3S/c1-3-23(4-2)27(25,26)15-11-9-14(10-12-15)13-20-19(24)18-16-7-5-6-8-17(16)21-22-18/h5-12H,3-4,13H2,1-2H3,(H,20,24)(H,21,22). The van der Waals surface area contributed by atoms with Gasteiger partial charge in [-0.05, 0) is 23.8 Å². The van der Waals surface area contributed by atoms with E-state index in [-0.39, 0.29) is 17.3 Å². The van der Waals surface area contributed by atoms with Crippen LogP contribution in [0.3, 0.4) is 0 Å². The van der Waals surface area contributed by atoms with Crippen LogP contribution in [0.2, 0.25) is 0 Å². The van der Waals surface area contributed by atoms with Crippen molar-refractivity contribution in [3.63, 3.8) is 0 Å². The molecule has 2 N–H and O–H groups in total. The summed E-state index contributed by atoms with van der Waals surface area (Å²) in [5, 5.41) is 10.5. The number of fused-ring (bicyclic) bond motifs is 1. The number of nitrogens with zero attached hydrogens (tertiary/aromatic N) is 2. The zero-order valence-electron chi connectivity index (χ0n) is 15.3. The van der Waals surface area contributed by atoms with Gasteiger partial charge in [-0.1, -0.05) is 44.2 Å². The topological polar surface area (TPSA) is 95.2 Å². The number of sulfonamides is 1. The van der Waals surface area contributed by atoms with Crippen molar-refractivity contribution in [1.82, 2.24) is 19.8 Å². The van der Waals surface area contributed by atoms with E-state index in [2.05, 4.69) is 15.5 Å². The third-order valence-corrected chi connectivity index (χ3v) is 6.47. The summed E-state index contributed by atoms with van der Waals surface area (Å²) in [6, 6.07) is 14.0. The fourth-order valence-corrected chi connectivity index (χ4v) is 4.35. The van der Waals surface area contributed by atoms with E-state index in [1.165, 1.54) is 4.31 Å². The van der Waals surface area contributed by atoms with E-state index >= 15 is 0 Å². The lowest BCUT2D eigenvalue weighted by molar-refractivity contribution is 0.0947. The number of hydrogen-bond donors (Lipinski definition) is 2. The van der Waals surface area contributed by atoms with Gasteiger partial charge in [0.15, 0.2) is 5.69 Å². The average molecular weight is 386 g/mol.